The predicted octanol–water partition coefficient (Wildman–Crippen LogP) is 6.91. The minimum atomic E-state index is -4.30. The number of amides is 2. The van der Waals surface area contributed by atoms with Gasteiger partial charge in [-0.05, 0) is 54.3 Å². The first-order valence-electron chi connectivity index (χ1n) is 14.6. The molecule has 45 heavy (non-hydrogen) atoms. The third-order valence-corrected chi connectivity index (χ3v) is 9.54. The first kappa shape index (κ1) is 34.0. The third-order valence-electron chi connectivity index (χ3n) is 7.22. The number of hydrogen-bond donors (Lipinski definition) is 1. The minimum Gasteiger partial charge on any atom is -0.354 e. The molecule has 236 valence electrons. The first-order valence-corrected chi connectivity index (χ1v) is 16.8. The Kier molecular flexibility index (Phi) is 11.7. The molecule has 1 atom stereocenters. The van der Waals surface area contributed by atoms with Crippen LogP contribution in [0.1, 0.15) is 30.5 Å². The Labute approximate surface area is 275 Å². The molecule has 4 aromatic rings. The number of benzene rings is 4. The largest absolute Gasteiger partial charge is 0.354 e. The zero-order chi connectivity index (χ0) is 32.6. The zero-order valence-corrected chi connectivity index (χ0v) is 27.8. The van der Waals surface area contributed by atoms with Crippen molar-refractivity contribution in [2.24, 2.45) is 5.92 Å². The van der Waals surface area contributed by atoms with E-state index in [2.05, 4.69) is 5.32 Å². The number of hydrogen-bond acceptors (Lipinski definition) is 4. The van der Waals surface area contributed by atoms with Crippen LogP contribution in [0, 0.1) is 12.8 Å². The number of rotatable bonds is 13. The molecule has 0 aliphatic carbocycles. The van der Waals surface area contributed by atoms with Crippen LogP contribution < -0.4 is 9.62 Å². The highest BCUT2D eigenvalue weighted by Gasteiger charge is 2.35. The molecule has 2 amide bonds. The lowest BCUT2D eigenvalue weighted by atomic mass is 10.0. The molecule has 1 N–H and O–H groups in total. The number of nitrogens with one attached hydrogen (secondary N) is 1. The van der Waals surface area contributed by atoms with Crippen molar-refractivity contribution in [1.29, 1.82) is 0 Å². The topological polar surface area (TPSA) is 86.8 Å². The molecule has 0 saturated heterocycles. The quantitative estimate of drug-likeness (QED) is 0.168. The Morgan fingerprint density at radius 1 is 0.822 bits per heavy atom. The smallest absolute Gasteiger partial charge is 0.264 e. The highest BCUT2D eigenvalue weighted by Crippen LogP contribution is 2.33. The van der Waals surface area contributed by atoms with E-state index in [1.807, 2.05) is 81.4 Å². The van der Waals surface area contributed by atoms with Crippen molar-refractivity contribution in [3.63, 3.8) is 0 Å². The fraction of sp³-hybridized carbons (Fsp3) is 0.257. The molecule has 0 spiro atoms. The van der Waals surface area contributed by atoms with Crippen molar-refractivity contribution >= 4 is 50.7 Å². The molecule has 0 saturated carbocycles. The van der Waals surface area contributed by atoms with Crippen LogP contribution in [-0.4, -0.2) is 44.3 Å². The Bertz CT molecular complexity index is 1700. The number of aryl methyl sites for hydroxylation is 1. The highest BCUT2D eigenvalue weighted by atomic mass is 35.5. The summed E-state index contributed by atoms with van der Waals surface area (Å²) in [6, 6.07) is 28.6. The Balaban J connectivity index is 1.81. The molecule has 0 aliphatic heterocycles. The van der Waals surface area contributed by atoms with Crippen LogP contribution in [0.15, 0.2) is 108 Å². The molecule has 0 heterocycles. The zero-order valence-electron chi connectivity index (χ0n) is 25.5. The van der Waals surface area contributed by atoms with Gasteiger partial charge in [0.15, 0.2) is 0 Å². The molecule has 4 rings (SSSR count). The van der Waals surface area contributed by atoms with E-state index in [-0.39, 0.29) is 45.4 Å². The second kappa shape index (κ2) is 15.4. The van der Waals surface area contributed by atoms with E-state index in [0.29, 0.717) is 6.54 Å². The van der Waals surface area contributed by atoms with Gasteiger partial charge in [0, 0.05) is 24.5 Å². The van der Waals surface area contributed by atoms with Crippen LogP contribution in [0.4, 0.5) is 5.69 Å². The van der Waals surface area contributed by atoms with Gasteiger partial charge in [0.25, 0.3) is 10.0 Å². The molecular formula is C35H37Cl2N3O4S. The van der Waals surface area contributed by atoms with Crippen molar-refractivity contribution < 1.29 is 18.0 Å². The van der Waals surface area contributed by atoms with E-state index in [0.717, 1.165) is 21.0 Å². The fourth-order valence-corrected chi connectivity index (χ4v) is 6.65. The van der Waals surface area contributed by atoms with E-state index in [9.17, 15) is 18.0 Å². The predicted molar refractivity (Wildman–Crippen MR) is 181 cm³/mol. The maximum absolute atomic E-state index is 14.5. The standard InChI is InChI=1S/C35H37Cl2N3O4S/c1-25(2)22-38-35(42)33(20-27-10-6-4-7-11-27)39(23-28-12-8-5-9-13-28)34(41)24-40(32-21-29(36)16-19-31(32)37)45(43,44)30-17-14-26(3)15-18-30/h4-19,21,25,33H,20,22-24H2,1-3H3,(H,38,42). The highest BCUT2D eigenvalue weighted by molar-refractivity contribution is 7.92. The van der Waals surface area contributed by atoms with Gasteiger partial charge in [-0.25, -0.2) is 8.42 Å². The van der Waals surface area contributed by atoms with Gasteiger partial charge in [0.2, 0.25) is 11.8 Å². The van der Waals surface area contributed by atoms with Gasteiger partial charge < -0.3 is 10.2 Å². The summed E-state index contributed by atoms with van der Waals surface area (Å²) in [7, 11) is -4.30. The molecule has 1 unspecified atom stereocenters. The lowest BCUT2D eigenvalue weighted by Crippen LogP contribution is -2.53. The van der Waals surface area contributed by atoms with Crippen molar-refractivity contribution in [1.82, 2.24) is 10.2 Å². The monoisotopic (exact) mass is 665 g/mol. The lowest BCUT2D eigenvalue weighted by molar-refractivity contribution is -0.140. The Hall–Kier alpha value is -3.85. The van der Waals surface area contributed by atoms with Crippen LogP contribution in [0.25, 0.3) is 0 Å². The van der Waals surface area contributed by atoms with Gasteiger partial charge >= 0.3 is 0 Å². The Morgan fingerprint density at radius 3 is 2.02 bits per heavy atom. The Morgan fingerprint density at radius 2 is 1.42 bits per heavy atom. The molecular weight excluding hydrogens is 629 g/mol. The lowest BCUT2D eigenvalue weighted by Gasteiger charge is -2.34. The van der Waals surface area contributed by atoms with Crippen molar-refractivity contribution in [3.8, 4) is 0 Å². The summed E-state index contributed by atoms with van der Waals surface area (Å²) >= 11 is 12.8. The van der Waals surface area contributed by atoms with E-state index >= 15 is 0 Å². The summed E-state index contributed by atoms with van der Waals surface area (Å²) in [5, 5.41) is 3.34. The van der Waals surface area contributed by atoms with Gasteiger partial charge in [-0.1, -0.05) is 115 Å². The molecule has 4 aromatic carbocycles. The van der Waals surface area contributed by atoms with Gasteiger partial charge in [-0.15, -0.1) is 0 Å². The van der Waals surface area contributed by atoms with Gasteiger partial charge in [-0.2, -0.15) is 0 Å². The summed E-state index contributed by atoms with van der Waals surface area (Å²) in [5.41, 5.74) is 2.58. The average Bonchev–Trinajstić information content (AvgIpc) is 3.02. The molecule has 0 bridgehead atoms. The van der Waals surface area contributed by atoms with Gasteiger partial charge in [0.1, 0.15) is 12.6 Å². The van der Waals surface area contributed by atoms with E-state index < -0.39 is 28.5 Å². The van der Waals surface area contributed by atoms with Crippen molar-refractivity contribution in [2.45, 2.75) is 44.7 Å². The molecule has 7 nitrogen and oxygen atoms in total. The first-order chi connectivity index (χ1) is 21.5. The number of carbonyl (C=O) groups excluding carboxylic acids is 2. The number of sulfonamides is 1. The fourth-order valence-electron chi connectivity index (χ4n) is 4.78. The maximum atomic E-state index is 14.5. The summed E-state index contributed by atoms with van der Waals surface area (Å²) < 4.78 is 29.3. The second-order valence-electron chi connectivity index (χ2n) is 11.3. The molecule has 0 radical (unpaired) electrons. The summed E-state index contributed by atoms with van der Waals surface area (Å²) in [6.07, 6.45) is 0.228. The van der Waals surface area contributed by atoms with E-state index in [1.165, 1.54) is 29.2 Å². The number of nitrogens with zero attached hydrogens (tertiary/aromatic N) is 2. The van der Waals surface area contributed by atoms with E-state index in [1.54, 1.807) is 18.2 Å². The van der Waals surface area contributed by atoms with Crippen LogP contribution in [0.5, 0.6) is 0 Å². The van der Waals surface area contributed by atoms with E-state index in [4.69, 9.17) is 23.2 Å². The summed E-state index contributed by atoms with van der Waals surface area (Å²) in [4.78, 5) is 29.8. The van der Waals surface area contributed by atoms with Crippen molar-refractivity contribution in [3.05, 3.63) is 130 Å². The SMILES string of the molecule is Cc1ccc(S(=O)(=O)N(CC(=O)N(Cc2ccccc2)C(Cc2ccccc2)C(=O)NCC(C)C)c2cc(Cl)ccc2Cl)cc1. The summed E-state index contributed by atoms with van der Waals surface area (Å²) in [6.45, 7) is 5.71. The molecule has 10 heteroatoms. The number of anilines is 1. The number of carbonyl (C=O) groups is 2. The normalized spacial score (nSPS) is 12.0. The van der Waals surface area contributed by atoms with Gasteiger partial charge in [-0.3, -0.25) is 13.9 Å². The number of halogens is 2. The maximum Gasteiger partial charge on any atom is 0.264 e. The van der Waals surface area contributed by atoms with Crippen molar-refractivity contribution in [2.75, 3.05) is 17.4 Å². The molecule has 0 fully saturated rings. The average molecular weight is 667 g/mol. The summed E-state index contributed by atoms with van der Waals surface area (Å²) in [5.74, 6) is -0.721. The van der Waals surface area contributed by atoms with Crippen LogP contribution in [0.3, 0.4) is 0 Å². The minimum absolute atomic E-state index is 0.0120. The van der Waals surface area contributed by atoms with Crippen LogP contribution in [-0.2, 0) is 32.6 Å². The van der Waals surface area contributed by atoms with Gasteiger partial charge in [0.05, 0.1) is 15.6 Å². The third kappa shape index (κ3) is 9.10. The molecule has 0 aliphatic rings. The van der Waals surface area contributed by atoms with Crippen LogP contribution in [0.2, 0.25) is 10.0 Å². The van der Waals surface area contributed by atoms with Crippen LogP contribution >= 0.6 is 23.2 Å². The second-order valence-corrected chi connectivity index (χ2v) is 14.0. The molecule has 0 aromatic heterocycles.